The highest BCUT2D eigenvalue weighted by molar-refractivity contribution is 5.28. The van der Waals surface area contributed by atoms with E-state index in [-0.39, 0.29) is 11.5 Å². The second kappa shape index (κ2) is 8.12. The molecule has 0 aliphatic carbocycles. The molecule has 2 saturated heterocycles. The minimum atomic E-state index is 0.169. The topological polar surface area (TPSA) is 46.9 Å². The van der Waals surface area contributed by atoms with E-state index in [1.807, 2.05) is 0 Å². The van der Waals surface area contributed by atoms with Crippen molar-refractivity contribution in [3.8, 4) is 11.5 Å². The molecule has 0 unspecified atom stereocenters. The minimum absolute atomic E-state index is 0.169. The molecule has 112 valence electrons. The lowest BCUT2D eigenvalue weighted by molar-refractivity contribution is -0.0518. The lowest BCUT2D eigenvalue weighted by atomic mass is 10.1. The van der Waals surface area contributed by atoms with Crippen LogP contribution in [0.4, 0.5) is 0 Å². The molecule has 2 aliphatic heterocycles. The predicted octanol–water partition coefficient (Wildman–Crippen LogP) is 2.97. The molecule has 0 radical (unpaired) electrons. The van der Waals surface area contributed by atoms with Gasteiger partial charge in [0.25, 0.3) is 0 Å². The number of hydrogen-bond donors (Lipinski definition) is 2. The van der Waals surface area contributed by atoms with Crippen molar-refractivity contribution in [3.05, 3.63) is 24.3 Å². The van der Waals surface area contributed by atoms with Gasteiger partial charge in [-0.15, -0.1) is 0 Å². The summed E-state index contributed by atoms with van der Waals surface area (Å²) in [5.74, 6) is 0.339. The summed E-state index contributed by atoms with van der Waals surface area (Å²) in [5, 5.41) is 22.5. The molecular formula is C16H26N2O2. The van der Waals surface area contributed by atoms with Crippen LogP contribution < -0.4 is 0 Å². The van der Waals surface area contributed by atoms with Crippen LogP contribution >= 0.6 is 0 Å². The lowest BCUT2D eigenvalue weighted by Gasteiger charge is -2.39. The molecule has 2 N–H and O–H groups in total. The van der Waals surface area contributed by atoms with Gasteiger partial charge >= 0.3 is 0 Å². The zero-order chi connectivity index (χ0) is 14.2. The Balaban J connectivity index is 0.000000160. The summed E-state index contributed by atoms with van der Waals surface area (Å²) >= 11 is 0. The quantitative estimate of drug-likeness (QED) is 0.775. The minimum Gasteiger partial charge on any atom is -0.508 e. The van der Waals surface area contributed by atoms with Gasteiger partial charge in [-0.3, -0.25) is 0 Å². The number of aromatic hydroxyl groups is 2. The molecule has 0 amide bonds. The molecule has 3 rings (SSSR count). The highest BCUT2D eigenvalue weighted by Gasteiger charge is 2.19. The van der Waals surface area contributed by atoms with Gasteiger partial charge in [0, 0.05) is 26.2 Å². The number of phenols is 2. The van der Waals surface area contributed by atoms with E-state index in [0.29, 0.717) is 0 Å². The van der Waals surface area contributed by atoms with Gasteiger partial charge in [0.2, 0.25) is 0 Å². The summed E-state index contributed by atoms with van der Waals surface area (Å²) in [5.41, 5.74) is 0. The monoisotopic (exact) mass is 278 g/mol. The maximum Gasteiger partial charge on any atom is 0.115 e. The van der Waals surface area contributed by atoms with E-state index in [1.165, 1.54) is 89.0 Å². The standard InChI is InChI=1S/C10H20N2.C6H6O2/c1-3-7-11(8-4-1)12-9-5-2-6-10-12;7-5-1-2-6(8)4-3-5/h1-10H2;1-4,7-8H. The first-order chi connectivity index (χ1) is 9.75. The number of hydrazine groups is 1. The van der Waals surface area contributed by atoms with Crippen LogP contribution in [0.5, 0.6) is 11.5 Å². The average molecular weight is 278 g/mol. The summed E-state index contributed by atoms with van der Waals surface area (Å²) in [6, 6.07) is 5.70. The number of piperidine rings is 2. The van der Waals surface area contributed by atoms with Crippen molar-refractivity contribution in [1.29, 1.82) is 0 Å². The van der Waals surface area contributed by atoms with Crippen LogP contribution in [-0.4, -0.2) is 46.4 Å². The number of hydrogen-bond acceptors (Lipinski definition) is 4. The number of rotatable bonds is 1. The van der Waals surface area contributed by atoms with Gasteiger partial charge in [0.15, 0.2) is 0 Å². The fraction of sp³-hybridized carbons (Fsp3) is 0.625. The third-order valence-electron chi connectivity index (χ3n) is 3.91. The van der Waals surface area contributed by atoms with Gasteiger partial charge in [-0.2, -0.15) is 0 Å². The second-order valence-electron chi connectivity index (χ2n) is 5.55. The Hall–Kier alpha value is -1.26. The molecule has 1 aromatic carbocycles. The Morgan fingerprint density at radius 1 is 0.550 bits per heavy atom. The molecule has 0 atom stereocenters. The van der Waals surface area contributed by atoms with Crippen LogP contribution in [0.2, 0.25) is 0 Å². The van der Waals surface area contributed by atoms with Crippen molar-refractivity contribution in [1.82, 2.24) is 10.0 Å². The molecule has 4 nitrogen and oxygen atoms in total. The molecule has 2 heterocycles. The van der Waals surface area contributed by atoms with E-state index >= 15 is 0 Å². The molecule has 0 aromatic heterocycles. The van der Waals surface area contributed by atoms with E-state index < -0.39 is 0 Å². The van der Waals surface area contributed by atoms with Gasteiger partial charge in [0.05, 0.1) is 0 Å². The molecule has 2 fully saturated rings. The molecular weight excluding hydrogens is 252 g/mol. The van der Waals surface area contributed by atoms with E-state index in [0.717, 1.165) is 0 Å². The zero-order valence-electron chi connectivity index (χ0n) is 12.2. The Kier molecular flexibility index (Phi) is 6.15. The molecule has 4 heteroatoms. The third kappa shape index (κ3) is 5.02. The Bertz CT molecular complexity index is 332. The van der Waals surface area contributed by atoms with Crippen molar-refractivity contribution in [2.24, 2.45) is 0 Å². The largest absolute Gasteiger partial charge is 0.508 e. The Morgan fingerprint density at radius 3 is 1.15 bits per heavy atom. The highest BCUT2D eigenvalue weighted by Crippen LogP contribution is 2.16. The van der Waals surface area contributed by atoms with Gasteiger partial charge in [-0.25, -0.2) is 10.0 Å². The van der Waals surface area contributed by atoms with E-state index in [1.54, 1.807) is 0 Å². The van der Waals surface area contributed by atoms with Crippen LogP contribution in [0.15, 0.2) is 24.3 Å². The molecule has 1 aromatic rings. The van der Waals surface area contributed by atoms with Crippen LogP contribution in [-0.2, 0) is 0 Å². The normalized spacial score (nSPS) is 21.0. The van der Waals surface area contributed by atoms with Crippen molar-refractivity contribution in [2.75, 3.05) is 26.2 Å². The predicted molar refractivity (Wildman–Crippen MR) is 80.6 cm³/mol. The first-order valence-electron chi connectivity index (χ1n) is 7.73. The zero-order valence-corrected chi connectivity index (χ0v) is 12.2. The average Bonchev–Trinajstić information content (AvgIpc) is 2.53. The first-order valence-corrected chi connectivity index (χ1v) is 7.73. The smallest absolute Gasteiger partial charge is 0.115 e. The van der Waals surface area contributed by atoms with E-state index in [9.17, 15) is 0 Å². The molecule has 0 bridgehead atoms. The van der Waals surface area contributed by atoms with Gasteiger partial charge in [-0.1, -0.05) is 12.8 Å². The summed E-state index contributed by atoms with van der Waals surface area (Å²) in [6.45, 7) is 5.28. The summed E-state index contributed by atoms with van der Waals surface area (Å²) in [4.78, 5) is 0. The fourth-order valence-electron chi connectivity index (χ4n) is 2.77. The van der Waals surface area contributed by atoms with Crippen molar-refractivity contribution >= 4 is 0 Å². The van der Waals surface area contributed by atoms with Crippen LogP contribution in [0.1, 0.15) is 38.5 Å². The van der Waals surface area contributed by atoms with Gasteiger partial charge < -0.3 is 10.2 Å². The van der Waals surface area contributed by atoms with E-state index in [2.05, 4.69) is 10.0 Å². The van der Waals surface area contributed by atoms with Crippen molar-refractivity contribution in [2.45, 2.75) is 38.5 Å². The van der Waals surface area contributed by atoms with Crippen molar-refractivity contribution in [3.63, 3.8) is 0 Å². The van der Waals surface area contributed by atoms with Crippen LogP contribution in [0, 0.1) is 0 Å². The maximum absolute atomic E-state index is 8.65. The molecule has 0 saturated carbocycles. The Morgan fingerprint density at radius 2 is 0.850 bits per heavy atom. The summed E-state index contributed by atoms with van der Waals surface area (Å²) < 4.78 is 0. The fourth-order valence-corrected chi connectivity index (χ4v) is 2.77. The SMILES string of the molecule is C1CCN(N2CCCCC2)CC1.Oc1ccc(O)cc1. The highest BCUT2D eigenvalue weighted by atomic mass is 16.3. The first kappa shape index (κ1) is 15.1. The van der Waals surface area contributed by atoms with E-state index in [4.69, 9.17) is 10.2 Å². The molecule has 0 spiro atoms. The van der Waals surface area contributed by atoms with Crippen LogP contribution in [0.25, 0.3) is 0 Å². The molecule has 2 aliphatic rings. The van der Waals surface area contributed by atoms with Gasteiger partial charge in [-0.05, 0) is 49.9 Å². The number of nitrogens with zero attached hydrogens (tertiary/aromatic N) is 2. The number of benzene rings is 1. The lowest BCUT2D eigenvalue weighted by Crippen LogP contribution is -2.47. The second-order valence-corrected chi connectivity index (χ2v) is 5.55. The molecule has 20 heavy (non-hydrogen) atoms. The maximum atomic E-state index is 8.65. The van der Waals surface area contributed by atoms with Crippen molar-refractivity contribution < 1.29 is 10.2 Å². The van der Waals surface area contributed by atoms with Crippen LogP contribution in [0.3, 0.4) is 0 Å². The van der Waals surface area contributed by atoms with Gasteiger partial charge in [0.1, 0.15) is 11.5 Å². The Labute approximate surface area is 121 Å². The summed E-state index contributed by atoms with van der Waals surface area (Å²) in [7, 11) is 0. The number of phenolic OH excluding ortho intramolecular Hbond substituents is 2. The summed E-state index contributed by atoms with van der Waals surface area (Å²) in [6.07, 6.45) is 8.55. The third-order valence-corrected chi connectivity index (χ3v) is 3.91.